The van der Waals surface area contributed by atoms with E-state index in [4.69, 9.17) is 9.47 Å². The van der Waals surface area contributed by atoms with Crippen LogP contribution in [0, 0.1) is 29.2 Å². The van der Waals surface area contributed by atoms with Crippen molar-refractivity contribution >= 4 is 5.97 Å². The molecule has 0 heterocycles. The van der Waals surface area contributed by atoms with Gasteiger partial charge in [-0.1, -0.05) is 44.0 Å². The van der Waals surface area contributed by atoms with E-state index in [-0.39, 0.29) is 29.4 Å². The van der Waals surface area contributed by atoms with Crippen LogP contribution in [0.25, 0.3) is 11.1 Å². The average Bonchev–Trinajstić information content (AvgIpc) is 2.92. The highest BCUT2D eigenvalue weighted by Crippen LogP contribution is 2.38. The fraction of sp³-hybridized carbons (Fsp3) is 0.323. The van der Waals surface area contributed by atoms with Crippen molar-refractivity contribution in [2.24, 2.45) is 5.92 Å². The van der Waals surface area contributed by atoms with E-state index in [0.29, 0.717) is 29.9 Å². The van der Waals surface area contributed by atoms with Crippen LogP contribution >= 0.6 is 0 Å². The number of hydrogen-bond donors (Lipinski definition) is 0. The van der Waals surface area contributed by atoms with E-state index in [1.807, 2.05) is 0 Å². The van der Waals surface area contributed by atoms with E-state index in [9.17, 15) is 22.4 Å². The molecule has 3 aromatic rings. The van der Waals surface area contributed by atoms with Crippen molar-refractivity contribution in [3.8, 4) is 22.6 Å². The molecule has 0 bridgehead atoms. The highest BCUT2D eigenvalue weighted by Gasteiger charge is 2.26. The molecule has 0 spiro atoms. The monoisotopic (exact) mass is 526 g/mol. The Hall–Kier alpha value is -3.61. The number of allylic oxidation sites excluding steroid dienone is 1. The third-order valence-corrected chi connectivity index (χ3v) is 7.02. The van der Waals surface area contributed by atoms with Gasteiger partial charge in [0.25, 0.3) is 0 Å². The predicted octanol–water partition coefficient (Wildman–Crippen LogP) is 8.77. The van der Waals surface area contributed by atoms with Crippen LogP contribution in [0.15, 0.2) is 61.2 Å². The molecule has 0 amide bonds. The van der Waals surface area contributed by atoms with Gasteiger partial charge in [0.15, 0.2) is 23.1 Å². The van der Waals surface area contributed by atoms with Gasteiger partial charge < -0.3 is 9.47 Å². The summed E-state index contributed by atoms with van der Waals surface area (Å²) >= 11 is 0. The lowest BCUT2D eigenvalue weighted by molar-refractivity contribution is 0.0726. The molecule has 4 rings (SSSR count). The lowest BCUT2D eigenvalue weighted by Gasteiger charge is -2.27. The second-order valence-corrected chi connectivity index (χ2v) is 9.72. The van der Waals surface area contributed by atoms with Gasteiger partial charge in [-0.15, -0.1) is 6.58 Å². The quantitative estimate of drug-likeness (QED) is 0.0919. The molecule has 0 radical (unpaired) electrons. The molecule has 0 unspecified atom stereocenters. The second kappa shape index (κ2) is 12.3. The van der Waals surface area contributed by atoms with Crippen LogP contribution in [0.2, 0.25) is 0 Å². The Morgan fingerprint density at radius 1 is 0.868 bits per heavy atom. The number of unbranched alkanes of at least 4 members (excludes halogenated alkanes) is 1. The molecular weight excluding hydrogens is 496 g/mol. The van der Waals surface area contributed by atoms with Crippen molar-refractivity contribution in [1.29, 1.82) is 0 Å². The summed E-state index contributed by atoms with van der Waals surface area (Å²) in [6.07, 6.45) is 6.55. The van der Waals surface area contributed by atoms with Gasteiger partial charge in [0.2, 0.25) is 11.6 Å². The zero-order chi connectivity index (χ0) is 27.2. The minimum atomic E-state index is -1.20. The first-order chi connectivity index (χ1) is 18.3. The van der Waals surface area contributed by atoms with E-state index < -0.39 is 35.0 Å². The van der Waals surface area contributed by atoms with Crippen molar-refractivity contribution in [1.82, 2.24) is 0 Å². The van der Waals surface area contributed by atoms with Gasteiger partial charge >= 0.3 is 5.97 Å². The Morgan fingerprint density at radius 3 is 2.21 bits per heavy atom. The molecule has 38 heavy (non-hydrogen) atoms. The van der Waals surface area contributed by atoms with Gasteiger partial charge in [-0.3, -0.25) is 0 Å². The number of carbonyl (C=O) groups excluding carboxylic acids is 1. The molecule has 0 N–H and O–H groups in total. The number of benzene rings is 3. The third kappa shape index (κ3) is 6.09. The van der Waals surface area contributed by atoms with Crippen molar-refractivity contribution in [3.05, 3.63) is 95.6 Å². The van der Waals surface area contributed by atoms with Crippen molar-refractivity contribution in [2.45, 2.75) is 51.4 Å². The molecule has 1 aliphatic rings. The van der Waals surface area contributed by atoms with E-state index in [1.165, 1.54) is 48.5 Å². The maximum atomic E-state index is 14.8. The SMILES string of the molecule is C=CCCCOc1ccc(-c2ccc(C(=O)Oc3ccc(C4CCC(C)CC4)c(F)c3F)cc2)c(F)c1F. The number of carbonyl (C=O) groups is 1. The van der Waals surface area contributed by atoms with Crippen molar-refractivity contribution < 1.29 is 31.8 Å². The van der Waals surface area contributed by atoms with Crippen LogP contribution in [0.1, 0.15) is 67.3 Å². The van der Waals surface area contributed by atoms with Crippen LogP contribution in [-0.4, -0.2) is 12.6 Å². The lowest BCUT2D eigenvalue weighted by atomic mass is 9.79. The van der Waals surface area contributed by atoms with E-state index in [0.717, 1.165) is 25.7 Å². The topological polar surface area (TPSA) is 35.5 Å². The molecule has 1 aliphatic carbocycles. The number of halogens is 4. The average molecular weight is 527 g/mol. The molecule has 0 saturated heterocycles. The number of esters is 1. The van der Waals surface area contributed by atoms with Crippen molar-refractivity contribution in [3.63, 3.8) is 0 Å². The molecule has 200 valence electrons. The van der Waals surface area contributed by atoms with Crippen LogP contribution in [-0.2, 0) is 0 Å². The lowest BCUT2D eigenvalue weighted by Crippen LogP contribution is -2.14. The molecule has 1 saturated carbocycles. The molecule has 1 fully saturated rings. The first kappa shape index (κ1) is 27.4. The van der Waals surface area contributed by atoms with Crippen molar-refractivity contribution in [2.75, 3.05) is 6.61 Å². The van der Waals surface area contributed by atoms with Gasteiger partial charge in [-0.05, 0) is 79.0 Å². The first-order valence-corrected chi connectivity index (χ1v) is 12.8. The summed E-state index contributed by atoms with van der Waals surface area (Å²) in [5.41, 5.74) is 0.657. The Kier molecular flexibility index (Phi) is 8.87. The Balaban J connectivity index is 1.44. The summed E-state index contributed by atoms with van der Waals surface area (Å²) in [6.45, 7) is 5.97. The Labute approximate surface area is 220 Å². The van der Waals surface area contributed by atoms with Gasteiger partial charge in [0, 0.05) is 5.56 Å². The maximum Gasteiger partial charge on any atom is 0.343 e. The predicted molar refractivity (Wildman–Crippen MR) is 138 cm³/mol. The Bertz CT molecular complexity index is 1300. The number of rotatable bonds is 9. The highest BCUT2D eigenvalue weighted by molar-refractivity contribution is 5.91. The summed E-state index contributed by atoms with van der Waals surface area (Å²) < 4.78 is 69.1. The largest absolute Gasteiger partial charge is 0.490 e. The summed E-state index contributed by atoms with van der Waals surface area (Å²) in [7, 11) is 0. The third-order valence-electron chi connectivity index (χ3n) is 7.02. The van der Waals surface area contributed by atoms with E-state index >= 15 is 0 Å². The van der Waals surface area contributed by atoms with Gasteiger partial charge in [0.1, 0.15) is 0 Å². The van der Waals surface area contributed by atoms with Gasteiger partial charge in [-0.2, -0.15) is 8.78 Å². The normalized spacial score (nSPS) is 17.2. The standard InChI is InChI=1S/C31H30F4O3/c1-3-4-5-18-37-25-16-14-23(27(32)29(25)34)21-10-12-22(13-11-21)31(36)38-26-17-15-24(28(33)30(26)35)20-8-6-19(2)7-9-20/h3,10-17,19-20H,1,4-9,18H2,2H3. The molecular formula is C31H30F4O3. The first-order valence-electron chi connectivity index (χ1n) is 12.8. The zero-order valence-corrected chi connectivity index (χ0v) is 21.2. The Morgan fingerprint density at radius 2 is 1.53 bits per heavy atom. The molecule has 0 atom stereocenters. The summed E-state index contributed by atoms with van der Waals surface area (Å²) in [4.78, 5) is 12.6. The van der Waals surface area contributed by atoms with Crippen LogP contribution in [0.3, 0.4) is 0 Å². The molecule has 7 heteroatoms. The van der Waals surface area contributed by atoms with E-state index in [1.54, 1.807) is 6.08 Å². The molecule has 3 aromatic carbocycles. The number of hydrogen-bond acceptors (Lipinski definition) is 3. The maximum absolute atomic E-state index is 14.8. The van der Waals surface area contributed by atoms with Crippen LogP contribution < -0.4 is 9.47 Å². The second-order valence-electron chi connectivity index (χ2n) is 9.72. The smallest absolute Gasteiger partial charge is 0.343 e. The van der Waals surface area contributed by atoms with Gasteiger partial charge in [-0.25, -0.2) is 13.6 Å². The molecule has 3 nitrogen and oxygen atoms in total. The highest BCUT2D eigenvalue weighted by atomic mass is 19.2. The molecule has 0 aromatic heterocycles. The minimum absolute atomic E-state index is 0.0123. The van der Waals surface area contributed by atoms with Crippen LogP contribution in [0.5, 0.6) is 11.5 Å². The van der Waals surface area contributed by atoms with E-state index in [2.05, 4.69) is 13.5 Å². The summed E-state index contributed by atoms with van der Waals surface area (Å²) in [6, 6.07) is 11.0. The fourth-order valence-electron chi connectivity index (χ4n) is 4.73. The van der Waals surface area contributed by atoms with Crippen LogP contribution in [0.4, 0.5) is 17.6 Å². The zero-order valence-electron chi connectivity index (χ0n) is 21.2. The minimum Gasteiger partial charge on any atom is -0.490 e. The summed E-state index contributed by atoms with van der Waals surface area (Å²) in [5.74, 6) is -5.43. The number of ether oxygens (including phenoxy) is 2. The summed E-state index contributed by atoms with van der Waals surface area (Å²) in [5, 5.41) is 0. The fourth-order valence-corrected chi connectivity index (χ4v) is 4.73. The van der Waals surface area contributed by atoms with Gasteiger partial charge in [0.05, 0.1) is 12.2 Å². The molecule has 0 aliphatic heterocycles.